The van der Waals surface area contributed by atoms with Crippen LogP contribution in [0, 0.1) is 5.82 Å². The summed E-state index contributed by atoms with van der Waals surface area (Å²) in [6.45, 7) is 3.24. The highest BCUT2D eigenvalue weighted by molar-refractivity contribution is 7.19. The summed E-state index contributed by atoms with van der Waals surface area (Å²) in [5, 5.41) is 3.96. The second-order valence-corrected chi connectivity index (χ2v) is 6.37. The normalized spacial score (nSPS) is 11.7. The Morgan fingerprint density at radius 3 is 2.90 bits per heavy atom. The Morgan fingerprint density at radius 2 is 2.19 bits per heavy atom. The number of halogens is 1. The molecule has 1 N–H and O–H groups in total. The Kier molecular flexibility index (Phi) is 6.11. The molecule has 1 aromatic heterocycles. The van der Waals surface area contributed by atoms with E-state index >= 15 is 0 Å². The van der Waals surface area contributed by atoms with Crippen LogP contribution in [-0.2, 0) is 17.8 Å². The molecule has 2 rings (SSSR count). The third-order valence-electron chi connectivity index (χ3n) is 3.50. The minimum atomic E-state index is -0.119. The highest BCUT2D eigenvalue weighted by Crippen LogP contribution is 2.34. The molecule has 3 nitrogen and oxygen atoms in total. The Morgan fingerprint density at radius 1 is 1.38 bits per heavy atom. The van der Waals surface area contributed by atoms with E-state index in [2.05, 4.69) is 17.3 Å². The van der Waals surface area contributed by atoms with Crippen LogP contribution in [0.4, 0.5) is 4.39 Å². The van der Waals surface area contributed by atoms with E-state index in [4.69, 9.17) is 4.74 Å². The van der Waals surface area contributed by atoms with E-state index in [0.717, 1.165) is 48.3 Å². The zero-order valence-corrected chi connectivity index (χ0v) is 13.7. The summed E-state index contributed by atoms with van der Waals surface area (Å²) < 4.78 is 20.3. The zero-order valence-electron chi connectivity index (χ0n) is 12.9. The van der Waals surface area contributed by atoms with E-state index in [1.807, 2.05) is 13.1 Å². The predicted octanol–water partition coefficient (Wildman–Crippen LogP) is 3.23. The van der Waals surface area contributed by atoms with Crippen molar-refractivity contribution in [1.82, 2.24) is 10.2 Å². The van der Waals surface area contributed by atoms with E-state index in [-0.39, 0.29) is 5.82 Å². The van der Waals surface area contributed by atoms with Crippen molar-refractivity contribution in [1.29, 1.82) is 0 Å². The molecule has 0 radical (unpaired) electrons. The summed E-state index contributed by atoms with van der Waals surface area (Å²) in [6.07, 6.45) is 0.985. The molecular formula is C16H23FN2OS. The molecule has 1 aromatic carbocycles. The van der Waals surface area contributed by atoms with Crippen molar-refractivity contribution in [3.63, 3.8) is 0 Å². The van der Waals surface area contributed by atoms with Crippen molar-refractivity contribution in [2.24, 2.45) is 0 Å². The van der Waals surface area contributed by atoms with Gasteiger partial charge in [0.2, 0.25) is 0 Å². The van der Waals surface area contributed by atoms with Crippen LogP contribution in [0.25, 0.3) is 10.1 Å². The molecule has 0 bridgehead atoms. The van der Waals surface area contributed by atoms with Gasteiger partial charge in [0, 0.05) is 48.3 Å². The van der Waals surface area contributed by atoms with Crippen molar-refractivity contribution in [3.8, 4) is 0 Å². The van der Waals surface area contributed by atoms with Crippen molar-refractivity contribution < 1.29 is 9.13 Å². The molecule has 0 amide bonds. The van der Waals surface area contributed by atoms with Crippen LogP contribution < -0.4 is 5.32 Å². The van der Waals surface area contributed by atoms with Crippen LogP contribution in [0.15, 0.2) is 18.2 Å². The molecule has 0 fully saturated rings. The van der Waals surface area contributed by atoms with Gasteiger partial charge in [0.05, 0.1) is 0 Å². The van der Waals surface area contributed by atoms with Gasteiger partial charge in [-0.1, -0.05) is 6.07 Å². The summed E-state index contributed by atoms with van der Waals surface area (Å²) in [7, 11) is 5.71. The van der Waals surface area contributed by atoms with Gasteiger partial charge in [0.25, 0.3) is 0 Å². The molecule has 1 heterocycles. The lowest BCUT2D eigenvalue weighted by atomic mass is 10.1. The van der Waals surface area contributed by atoms with Gasteiger partial charge in [0.15, 0.2) is 0 Å². The first-order valence-electron chi connectivity index (χ1n) is 7.18. The molecule has 0 unspecified atom stereocenters. The van der Waals surface area contributed by atoms with Crippen molar-refractivity contribution >= 4 is 21.4 Å². The Bertz CT molecular complexity index is 585. The second kappa shape index (κ2) is 7.84. The smallest absolute Gasteiger partial charge is 0.132 e. The Labute approximate surface area is 129 Å². The summed E-state index contributed by atoms with van der Waals surface area (Å²) in [6, 6.07) is 5.33. The van der Waals surface area contributed by atoms with Crippen LogP contribution in [0.5, 0.6) is 0 Å². The third-order valence-corrected chi connectivity index (χ3v) is 4.70. The molecule has 0 aliphatic heterocycles. The molecular weight excluding hydrogens is 287 g/mol. The molecule has 2 aromatic rings. The van der Waals surface area contributed by atoms with Crippen molar-refractivity contribution in [2.75, 3.05) is 34.4 Å². The monoisotopic (exact) mass is 310 g/mol. The molecule has 0 aliphatic carbocycles. The van der Waals surface area contributed by atoms with Crippen LogP contribution in [0.3, 0.4) is 0 Å². The van der Waals surface area contributed by atoms with E-state index in [0.29, 0.717) is 0 Å². The summed E-state index contributed by atoms with van der Waals surface area (Å²) in [4.78, 5) is 3.45. The third kappa shape index (κ3) is 4.01. The largest absolute Gasteiger partial charge is 0.385 e. The maximum Gasteiger partial charge on any atom is 0.132 e. The number of ether oxygens (including phenoxy) is 1. The fourth-order valence-electron chi connectivity index (χ4n) is 2.51. The maximum atomic E-state index is 14.2. The molecule has 21 heavy (non-hydrogen) atoms. The number of rotatable bonds is 8. The molecule has 5 heteroatoms. The van der Waals surface area contributed by atoms with Gasteiger partial charge in [-0.05, 0) is 38.2 Å². The lowest BCUT2D eigenvalue weighted by Gasteiger charge is -2.17. The first-order valence-corrected chi connectivity index (χ1v) is 7.99. The number of hydrogen-bond acceptors (Lipinski definition) is 4. The molecule has 0 saturated heterocycles. The SMILES string of the molecule is CNCc1sc2cccc(F)c2c1CN(C)CCCOC. The molecule has 0 atom stereocenters. The minimum absolute atomic E-state index is 0.119. The quantitative estimate of drug-likeness (QED) is 0.758. The summed E-state index contributed by atoms with van der Waals surface area (Å²) in [5.74, 6) is -0.119. The first kappa shape index (κ1) is 16.4. The van der Waals surface area contributed by atoms with Crippen LogP contribution in [0.1, 0.15) is 16.9 Å². The number of methoxy groups -OCH3 is 1. The van der Waals surface area contributed by atoms with Crippen LogP contribution in [0.2, 0.25) is 0 Å². The van der Waals surface area contributed by atoms with E-state index < -0.39 is 0 Å². The second-order valence-electron chi connectivity index (χ2n) is 5.23. The number of thiophene rings is 1. The lowest BCUT2D eigenvalue weighted by Crippen LogP contribution is -2.21. The molecule has 0 spiro atoms. The topological polar surface area (TPSA) is 24.5 Å². The number of hydrogen-bond donors (Lipinski definition) is 1. The first-order chi connectivity index (χ1) is 10.2. The van der Waals surface area contributed by atoms with E-state index in [1.165, 1.54) is 4.88 Å². The van der Waals surface area contributed by atoms with Gasteiger partial charge in [-0.25, -0.2) is 4.39 Å². The van der Waals surface area contributed by atoms with Crippen LogP contribution >= 0.6 is 11.3 Å². The molecule has 116 valence electrons. The minimum Gasteiger partial charge on any atom is -0.385 e. The number of fused-ring (bicyclic) bond motifs is 1. The van der Waals surface area contributed by atoms with Crippen LogP contribution in [-0.4, -0.2) is 39.3 Å². The number of nitrogens with zero attached hydrogens (tertiary/aromatic N) is 1. The van der Waals surface area contributed by atoms with Gasteiger partial charge < -0.3 is 15.0 Å². The van der Waals surface area contributed by atoms with Gasteiger partial charge in [-0.15, -0.1) is 11.3 Å². The zero-order chi connectivity index (χ0) is 15.2. The average Bonchev–Trinajstić information content (AvgIpc) is 2.79. The van der Waals surface area contributed by atoms with Gasteiger partial charge in [-0.2, -0.15) is 0 Å². The Balaban J connectivity index is 2.25. The van der Waals surface area contributed by atoms with Gasteiger partial charge in [-0.3, -0.25) is 0 Å². The van der Waals surface area contributed by atoms with Crippen molar-refractivity contribution in [3.05, 3.63) is 34.5 Å². The van der Waals surface area contributed by atoms with Gasteiger partial charge >= 0.3 is 0 Å². The highest BCUT2D eigenvalue weighted by Gasteiger charge is 2.16. The summed E-state index contributed by atoms with van der Waals surface area (Å²) in [5.41, 5.74) is 1.11. The predicted molar refractivity (Wildman–Crippen MR) is 87.4 cm³/mol. The highest BCUT2D eigenvalue weighted by atomic mass is 32.1. The number of benzene rings is 1. The van der Waals surface area contributed by atoms with Gasteiger partial charge in [0.1, 0.15) is 5.82 Å². The summed E-state index contributed by atoms with van der Waals surface area (Å²) >= 11 is 1.68. The fraction of sp³-hybridized carbons (Fsp3) is 0.500. The fourth-order valence-corrected chi connectivity index (χ4v) is 3.76. The van der Waals surface area contributed by atoms with E-state index in [9.17, 15) is 4.39 Å². The maximum absolute atomic E-state index is 14.2. The standard InChI is InChI=1S/C16H23FN2OS/c1-18-10-15-12(11-19(2)8-5-9-20-3)16-13(17)6-4-7-14(16)21-15/h4,6-7,18H,5,8-11H2,1-3H3. The van der Waals surface area contributed by atoms with E-state index in [1.54, 1.807) is 30.6 Å². The molecule has 0 saturated carbocycles. The number of nitrogens with one attached hydrogen (secondary N) is 1. The average molecular weight is 310 g/mol. The molecule has 0 aliphatic rings. The lowest BCUT2D eigenvalue weighted by molar-refractivity contribution is 0.178. The Hall–Kier alpha value is -1.01. The van der Waals surface area contributed by atoms with Crippen molar-refractivity contribution in [2.45, 2.75) is 19.5 Å².